The van der Waals surface area contributed by atoms with Crippen molar-refractivity contribution in [3.63, 3.8) is 0 Å². The van der Waals surface area contributed by atoms with E-state index in [9.17, 15) is 0 Å². The molecule has 2 heterocycles. The summed E-state index contributed by atoms with van der Waals surface area (Å²) < 4.78 is 7.51. The Balaban J connectivity index is 1.44. The minimum atomic E-state index is 0.347. The van der Waals surface area contributed by atoms with Gasteiger partial charge < -0.3 is 15.8 Å². The van der Waals surface area contributed by atoms with Crippen LogP contribution in [0.4, 0.5) is 5.95 Å². The number of ether oxygens (including phenoxy) is 1. The third-order valence-corrected chi connectivity index (χ3v) is 3.98. The second-order valence-electron chi connectivity index (χ2n) is 5.42. The molecule has 6 nitrogen and oxygen atoms in total. The zero-order chi connectivity index (χ0) is 14.7. The topological polar surface area (TPSA) is 77.5 Å². The summed E-state index contributed by atoms with van der Waals surface area (Å²) in [4.78, 5) is 4.36. The molecule has 114 valence electrons. The van der Waals surface area contributed by atoms with Gasteiger partial charge in [0.05, 0.1) is 17.7 Å². The zero-order valence-electron chi connectivity index (χ0n) is 11.8. The molecule has 0 amide bonds. The first-order chi connectivity index (χ1) is 10.2. The Bertz CT molecular complexity index is 594. The summed E-state index contributed by atoms with van der Waals surface area (Å²) in [6.07, 6.45) is 6.33. The highest BCUT2D eigenvalue weighted by Gasteiger charge is 2.18. The Morgan fingerprint density at radius 2 is 2.14 bits per heavy atom. The Morgan fingerprint density at radius 1 is 1.33 bits per heavy atom. The maximum Gasteiger partial charge on any atom is 0.243 e. The number of fused-ring (bicyclic) bond motifs is 1. The van der Waals surface area contributed by atoms with Crippen molar-refractivity contribution < 1.29 is 4.74 Å². The molecule has 1 fully saturated rings. The van der Waals surface area contributed by atoms with E-state index in [1.54, 1.807) is 16.8 Å². The van der Waals surface area contributed by atoms with Gasteiger partial charge in [-0.3, -0.25) is 0 Å². The molecule has 0 radical (unpaired) electrons. The molecular weight excluding hydrogens is 290 g/mol. The van der Waals surface area contributed by atoms with Crippen LogP contribution in [-0.4, -0.2) is 39.9 Å². The number of hydrogen-bond acceptors (Lipinski definition) is 5. The van der Waals surface area contributed by atoms with Crippen molar-refractivity contribution in [2.24, 2.45) is 5.73 Å². The molecule has 3 rings (SSSR count). The Morgan fingerprint density at radius 3 is 2.95 bits per heavy atom. The van der Waals surface area contributed by atoms with Gasteiger partial charge in [0.25, 0.3) is 0 Å². The molecule has 21 heavy (non-hydrogen) atoms. The van der Waals surface area contributed by atoms with Gasteiger partial charge in [-0.25, -0.2) is 4.52 Å². The lowest BCUT2D eigenvalue weighted by atomic mass is 9.94. The fraction of sp³-hybridized carbons (Fsp3) is 0.571. The van der Waals surface area contributed by atoms with Gasteiger partial charge in [0.15, 0.2) is 5.65 Å². The Hall–Kier alpha value is -1.37. The van der Waals surface area contributed by atoms with Crippen molar-refractivity contribution in [1.82, 2.24) is 14.6 Å². The highest BCUT2D eigenvalue weighted by Crippen LogP contribution is 2.19. The maximum atomic E-state index is 5.91. The van der Waals surface area contributed by atoms with Crippen LogP contribution >= 0.6 is 11.6 Å². The molecule has 2 aromatic heterocycles. The summed E-state index contributed by atoms with van der Waals surface area (Å²) in [6, 6.07) is 3.99. The van der Waals surface area contributed by atoms with Crippen LogP contribution in [0.3, 0.4) is 0 Å². The van der Waals surface area contributed by atoms with Crippen molar-refractivity contribution in [2.75, 3.05) is 18.5 Å². The minimum absolute atomic E-state index is 0.347. The molecule has 1 saturated carbocycles. The number of nitrogens with one attached hydrogen (secondary N) is 1. The molecule has 0 aliphatic heterocycles. The molecule has 7 heteroatoms. The van der Waals surface area contributed by atoms with E-state index in [0.29, 0.717) is 36.3 Å². The largest absolute Gasteiger partial charge is 0.376 e. The molecule has 0 spiro atoms. The van der Waals surface area contributed by atoms with Gasteiger partial charge >= 0.3 is 0 Å². The van der Waals surface area contributed by atoms with Crippen LogP contribution in [0.15, 0.2) is 18.3 Å². The van der Waals surface area contributed by atoms with E-state index in [4.69, 9.17) is 22.1 Å². The van der Waals surface area contributed by atoms with Crippen LogP contribution in [0.5, 0.6) is 0 Å². The van der Waals surface area contributed by atoms with E-state index in [0.717, 1.165) is 31.3 Å². The molecular formula is C14H20ClN5O. The van der Waals surface area contributed by atoms with Gasteiger partial charge in [0, 0.05) is 18.8 Å². The van der Waals surface area contributed by atoms with Crippen LogP contribution in [0.1, 0.15) is 25.7 Å². The monoisotopic (exact) mass is 309 g/mol. The third kappa shape index (κ3) is 3.84. The Labute approximate surface area is 128 Å². The SMILES string of the molecule is NC1CCC(OCCNc2nc3ccc(Cl)cn3n2)CC1. The van der Waals surface area contributed by atoms with Crippen molar-refractivity contribution in [3.05, 3.63) is 23.4 Å². The van der Waals surface area contributed by atoms with Crippen LogP contribution < -0.4 is 11.1 Å². The van der Waals surface area contributed by atoms with Gasteiger partial charge in [0.2, 0.25) is 5.95 Å². The predicted molar refractivity (Wildman–Crippen MR) is 82.7 cm³/mol. The van der Waals surface area contributed by atoms with Crippen molar-refractivity contribution in [2.45, 2.75) is 37.8 Å². The molecule has 0 saturated heterocycles. The lowest BCUT2D eigenvalue weighted by Crippen LogP contribution is -2.31. The van der Waals surface area contributed by atoms with Crippen LogP contribution in [0, 0.1) is 0 Å². The van der Waals surface area contributed by atoms with Gasteiger partial charge in [0.1, 0.15) is 0 Å². The van der Waals surface area contributed by atoms with E-state index in [-0.39, 0.29) is 0 Å². The highest BCUT2D eigenvalue weighted by molar-refractivity contribution is 6.30. The summed E-state index contributed by atoms with van der Waals surface area (Å²) in [6.45, 7) is 1.34. The molecule has 2 aromatic rings. The fourth-order valence-electron chi connectivity index (χ4n) is 2.58. The van der Waals surface area contributed by atoms with Crippen LogP contribution in [0.2, 0.25) is 5.02 Å². The standard InChI is InChI=1S/C14H20ClN5O/c15-10-1-6-13-18-14(19-20(13)9-10)17-7-8-21-12-4-2-11(16)3-5-12/h1,6,9,11-12H,2-5,7-8,16H2,(H,17,19). The second-order valence-corrected chi connectivity index (χ2v) is 5.86. The fourth-order valence-corrected chi connectivity index (χ4v) is 2.73. The number of halogens is 1. The first-order valence-corrected chi connectivity index (χ1v) is 7.71. The number of nitrogens with zero attached hydrogens (tertiary/aromatic N) is 3. The number of hydrogen-bond donors (Lipinski definition) is 2. The zero-order valence-corrected chi connectivity index (χ0v) is 12.6. The van der Waals surface area contributed by atoms with E-state index in [2.05, 4.69) is 15.4 Å². The summed E-state index contributed by atoms with van der Waals surface area (Å²) in [5, 5.41) is 8.11. The molecule has 3 N–H and O–H groups in total. The smallest absolute Gasteiger partial charge is 0.243 e. The average Bonchev–Trinajstić information content (AvgIpc) is 2.87. The summed E-state index contributed by atoms with van der Waals surface area (Å²) >= 11 is 5.91. The van der Waals surface area contributed by atoms with Crippen LogP contribution in [0.25, 0.3) is 5.65 Å². The highest BCUT2D eigenvalue weighted by atomic mass is 35.5. The van der Waals surface area contributed by atoms with Gasteiger partial charge in [-0.2, -0.15) is 4.98 Å². The second kappa shape index (κ2) is 6.60. The quantitative estimate of drug-likeness (QED) is 0.827. The number of anilines is 1. The van der Waals surface area contributed by atoms with E-state index < -0.39 is 0 Å². The van der Waals surface area contributed by atoms with Gasteiger partial charge in [-0.1, -0.05) is 11.6 Å². The lowest BCUT2D eigenvalue weighted by Gasteiger charge is -2.26. The van der Waals surface area contributed by atoms with Crippen molar-refractivity contribution >= 4 is 23.2 Å². The normalized spacial score (nSPS) is 22.6. The van der Waals surface area contributed by atoms with Crippen LogP contribution in [-0.2, 0) is 4.74 Å². The molecule has 0 atom stereocenters. The molecule has 1 aliphatic carbocycles. The summed E-state index contributed by atoms with van der Waals surface area (Å²) in [5.74, 6) is 0.589. The summed E-state index contributed by atoms with van der Waals surface area (Å²) in [7, 11) is 0. The van der Waals surface area contributed by atoms with Gasteiger partial charge in [-0.15, -0.1) is 5.10 Å². The number of rotatable bonds is 5. The molecule has 0 bridgehead atoms. The number of aromatic nitrogens is 3. The maximum absolute atomic E-state index is 5.91. The number of nitrogens with two attached hydrogens (primary N) is 1. The van der Waals surface area contributed by atoms with Gasteiger partial charge in [-0.05, 0) is 37.8 Å². The van der Waals surface area contributed by atoms with E-state index in [1.165, 1.54) is 0 Å². The number of pyridine rings is 1. The van der Waals surface area contributed by atoms with E-state index >= 15 is 0 Å². The van der Waals surface area contributed by atoms with Crippen molar-refractivity contribution in [3.8, 4) is 0 Å². The summed E-state index contributed by atoms with van der Waals surface area (Å²) in [5.41, 5.74) is 6.65. The molecule has 1 aliphatic rings. The average molecular weight is 310 g/mol. The van der Waals surface area contributed by atoms with E-state index in [1.807, 2.05) is 6.07 Å². The molecule has 0 aromatic carbocycles. The first kappa shape index (κ1) is 14.6. The minimum Gasteiger partial charge on any atom is -0.376 e. The third-order valence-electron chi connectivity index (χ3n) is 3.75. The molecule has 0 unspecified atom stereocenters. The Kier molecular flexibility index (Phi) is 4.57. The first-order valence-electron chi connectivity index (χ1n) is 7.34. The van der Waals surface area contributed by atoms with Crippen molar-refractivity contribution in [1.29, 1.82) is 0 Å². The predicted octanol–water partition coefficient (Wildman–Crippen LogP) is 2.08. The lowest BCUT2D eigenvalue weighted by molar-refractivity contribution is 0.0312.